The number of likely N-dealkylation sites (tertiary alicyclic amines) is 1. The van der Waals surface area contributed by atoms with Gasteiger partial charge in [0.15, 0.2) is 0 Å². The second-order valence-electron chi connectivity index (χ2n) is 9.17. The first-order chi connectivity index (χ1) is 15.1. The molecule has 3 heterocycles. The third-order valence-corrected chi connectivity index (χ3v) is 8.51. The van der Waals surface area contributed by atoms with Gasteiger partial charge in [0.2, 0.25) is 0 Å². The number of hydrogen-bond acceptors (Lipinski definition) is 4. The highest BCUT2D eigenvalue weighted by atomic mass is 35.5. The number of benzene rings is 2. The molecule has 0 aromatic heterocycles. The van der Waals surface area contributed by atoms with Crippen LogP contribution in [0.15, 0.2) is 48.7 Å². The molecule has 0 atom stereocenters. The van der Waals surface area contributed by atoms with Crippen LogP contribution in [-0.4, -0.2) is 37.3 Å². The van der Waals surface area contributed by atoms with Gasteiger partial charge in [-0.25, -0.2) is 0 Å². The minimum Gasteiger partial charge on any atom is -0.358 e. The smallest absolute Gasteiger partial charge is 0.0501 e. The number of fused-ring (bicyclic) bond motifs is 3. The summed E-state index contributed by atoms with van der Waals surface area (Å²) in [6.07, 6.45) is 9.29. The fraction of sp³-hybridized carbons (Fsp3) is 0.462. The monoisotopic (exact) mass is 453 g/mol. The molecule has 0 radical (unpaired) electrons. The first-order valence-electron chi connectivity index (χ1n) is 11.5. The Labute approximate surface area is 196 Å². The van der Waals surface area contributed by atoms with Gasteiger partial charge in [-0.1, -0.05) is 42.3 Å². The molecule has 31 heavy (non-hydrogen) atoms. The standard InChI is InChI=1S/C26H32ClN3S/c1-19-26(23-18-22(27)8-9-24(23)28-19)11-15-29(16-12-26)13-3-5-20-7-10-25-21(17-20)6-4-14-30(25)31-2/h7-10,17-18,28H,1,3-6,11-16H2,2H3. The quantitative estimate of drug-likeness (QED) is 0.537. The van der Waals surface area contributed by atoms with Crippen molar-refractivity contribution in [3.05, 3.63) is 70.4 Å². The Hall–Kier alpha value is -1.62. The number of hydrogen-bond donors (Lipinski definition) is 1. The van der Waals surface area contributed by atoms with Crippen LogP contribution in [0, 0.1) is 0 Å². The van der Waals surface area contributed by atoms with Gasteiger partial charge in [-0.3, -0.25) is 0 Å². The maximum Gasteiger partial charge on any atom is 0.0501 e. The lowest BCUT2D eigenvalue weighted by Crippen LogP contribution is -2.43. The maximum atomic E-state index is 6.32. The van der Waals surface area contributed by atoms with Crippen LogP contribution in [0.2, 0.25) is 5.02 Å². The zero-order valence-electron chi connectivity index (χ0n) is 18.4. The zero-order chi connectivity index (χ0) is 21.4. The first-order valence-corrected chi connectivity index (χ1v) is 13.1. The number of piperidine rings is 1. The van der Waals surface area contributed by atoms with Crippen molar-refractivity contribution in [3.8, 4) is 0 Å². The van der Waals surface area contributed by atoms with Crippen LogP contribution in [-0.2, 0) is 18.3 Å². The highest BCUT2D eigenvalue weighted by Crippen LogP contribution is 2.50. The van der Waals surface area contributed by atoms with E-state index in [-0.39, 0.29) is 5.41 Å². The van der Waals surface area contributed by atoms with E-state index in [0.29, 0.717) is 0 Å². The fourth-order valence-corrected chi connectivity index (χ4v) is 6.52. The van der Waals surface area contributed by atoms with Gasteiger partial charge in [0, 0.05) is 34.6 Å². The predicted octanol–water partition coefficient (Wildman–Crippen LogP) is 6.28. The lowest BCUT2D eigenvalue weighted by atomic mass is 9.72. The van der Waals surface area contributed by atoms with Crippen LogP contribution >= 0.6 is 23.5 Å². The number of anilines is 2. The van der Waals surface area contributed by atoms with E-state index in [1.54, 1.807) is 0 Å². The number of nitrogens with zero attached hydrogens (tertiary/aromatic N) is 2. The molecule has 1 fully saturated rings. The lowest BCUT2D eigenvalue weighted by Gasteiger charge is -2.40. The van der Waals surface area contributed by atoms with Crippen molar-refractivity contribution in [1.29, 1.82) is 0 Å². The van der Waals surface area contributed by atoms with E-state index in [2.05, 4.69) is 57.7 Å². The summed E-state index contributed by atoms with van der Waals surface area (Å²) in [4.78, 5) is 2.63. The average Bonchev–Trinajstić information content (AvgIpc) is 3.05. The normalized spacial score (nSPS) is 19.9. The summed E-state index contributed by atoms with van der Waals surface area (Å²) in [5.74, 6) is 0. The summed E-state index contributed by atoms with van der Waals surface area (Å²) in [6.45, 7) is 8.96. The number of aryl methyl sites for hydroxylation is 2. The van der Waals surface area contributed by atoms with E-state index in [1.807, 2.05) is 18.0 Å². The molecule has 5 heteroatoms. The number of nitrogens with one attached hydrogen (secondary N) is 1. The van der Waals surface area contributed by atoms with Gasteiger partial charge in [-0.2, -0.15) is 0 Å². The first kappa shape index (κ1) is 21.2. The molecular formula is C26H32ClN3S. The third-order valence-electron chi connectivity index (χ3n) is 7.45. The summed E-state index contributed by atoms with van der Waals surface area (Å²) in [7, 11) is 0. The fourth-order valence-electron chi connectivity index (χ4n) is 5.66. The van der Waals surface area contributed by atoms with Crippen molar-refractivity contribution in [2.75, 3.05) is 42.1 Å². The van der Waals surface area contributed by atoms with Crippen LogP contribution < -0.4 is 9.62 Å². The van der Waals surface area contributed by atoms with Crippen LogP contribution in [0.5, 0.6) is 0 Å². The van der Waals surface area contributed by atoms with Gasteiger partial charge in [-0.05, 0) is 99.1 Å². The Balaban J connectivity index is 1.17. The molecule has 5 rings (SSSR count). The molecule has 1 N–H and O–H groups in total. The second kappa shape index (κ2) is 8.73. The molecule has 1 saturated heterocycles. The average molecular weight is 454 g/mol. The summed E-state index contributed by atoms with van der Waals surface area (Å²) in [5.41, 5.74) is 8.19. The summed E-state index contributed by atoms with van der Waals surface area (Å²) in [6, 6.07) is 13.3. The molecule has 2 aromatic rings. The molecule has 1 spiro atoms. The van der Waals surface area contributed by atoms with Crippen molar-refractivity contribution in [3.63, 3.8) is 0 Å². The molecular weight excluding hydrogens is 422 g/mol. The largest absolute Gasteiger partial charge is 0.358 e. The highest BCUT2D eigenvalue weighted by Gasteiger charge is 2.44. The summed E-state index contributed by atoms with van der Waals surface area (Å²) in [5, 5.41) is 4.34. The van der Waals surface area contributed by atoms with E-state index < -0.39 is 0 Å². The van der Waals surface area contributed by atoms with Crippen LogP contribution in [0.25, 0.3) is 0 Å². The molecule has 3 aliphatic heterocycles. The van der Waals surface area contributed by atoms with Gasteiger partial charge in [0.1, 0.15) is 0 Å². The Bertz CT molecular complexity index is 981. The molecule has 0 unspecified atom stereocenters. The minimum atomic E-state index is 0.0540. The van der Waals surface area contributed by atoms with Gasteiger partial charge in [0.25, 0.3) is 0 Å². The Kier molecular flexibility index (Phi) is 5.98. The molecule has 0 saturated carbocycles. The molecule has 0 amide bonds. The lowest BCUT2D eigenvalue weighted by molar-refractivity contribution is 0.179. The van der Waals surface area contributed by atoms with Crippen molar-refractivity contribution >= 4 is 34.9 Å². The van der Waals surface area contributed by atoms with Gasteiger partial charge >= 0.3 is 0 Å². The predicted molar refractivity (Wildman–Crippen MR) is 136 cm³/mol. The van der Waals surface area contributed by atoms with Crippen molar-refractivity contribution in [1.82, 2.24) is 4.90 Å². The van der Waals surface area contributed by atoms with E-state index >= 15 is 0 Å². The van der Waals surface area contributed by atoms with Crippen LogP contribution in [0.1, 0.15) is 42.4 Å². The van der Waals surface area contributed by atoms with E-state index in [9.17, 15) is 0 Å². The number of rotatable bonds is 5. The molecule has 0 bridgehead atoms. The van der Waals surface area contributed by atoms with E-state index in [1.165, 1.54) is 66.8 Å². The van der Waals surface area contributed by atoms with Crippen LogP contribution in [0.4, 0.5) is 11.4 Å². The van der Waals surface area contributed by atoms with Gasteiger partial charge in [0.05, 0.1) is 5.69 Å². The van der Waals surface area contributed by atoms with E-state index in [0.717, 1.165) is 36.7 Å². The minimum absolute atomic E-state index is 0.0540. The highest BCUT2D eigenvalue weighted by molar-refractivity contribution is 7.99. The summed E-state index contributed by atoms with van der Waals surface area (Å²) < 4.78 is 2.43. The van der Waals surface area contributed by atoms with Gasteiger partial charge in [-0.15, -0.1) is 0 Å². The van der Waals surface area contributed by atoms with Crippen molar-refractivity contribution in [2.45, 2.75) is 43.9 Å². The number of allylic oxidation sites excluding steroid dienone is 1. The SMILES string of the molecule is C=C1Nc2ccc(Cl)cc2C12CCN(CCCc1ccc3c(c1)CCCN3SC)CC2. The molecule has 3 nitrogen and oxygen atoms in total. The van der Waals surface area contributed by atoms with Crippen molar-refractivity contribution in [2.24, 2.45) is 0 Å². The summed E-state index contributed by atoms with van der Waals surface area (Å²) >= 11 is 8.16. The zero-order valence-corrected chi connectivity index (χ0v) is 20.0. The van der Waals surface area contributed by atoms with Crippen molar-refractivity contribution < 1.29 is 0 Å². The Morgan fingerprint density at radius 1 is 1.13 bits per heavy atom. The van der Waals surface area contributed by atoms with Crippen LogP contribution in [0.3, 0.4) is 0 Å². The third kappa shape index (κ3) is 3.99. The van der Waals surface area contributed by atoms with E-state index in [4.69, 9.17) is 11.6 Å². The van der Waals surface area contributed by atoms with Gasteiger partial charge < -0.3 is 14.5 Å². The molecule has 164 valence electrons. The molecule has 2 aromatic carbocycles. The maximum absolute atomic E-state index is 6.32. The molecule has 3 aliphatic rings. The molecule has 0 aliphatic carbocycles. The Morgan fingerprint density at radius 3 is 2.77 bits per heavy atom. The Morgan fingerprint density at radius 2 is 1.97 bits per heavy atom. The second-order valence-corrected chi connectivity index (χ2v) is 10.4. The number of halogens is 1. The topological polar surface area (TPSA) is 18.5 Å².